The molecular formula is C21H20N4O3. The van der Waals surface area contributed by atoms with Gasteiger partial charge in [0.05, 0.1) is 29.3 Å². The molecule has 0 bridgehead atoms. The standard InChI is InChI=1S/C21H20N4O3/c1-25(2)21(28)15-8-14(11-22)9-17(20(15)27)24-19-16(10-18(19)26)23-12-13-6-4-3-5-7-13/h3-9,23-24,27H,10,12H2,1-2H3. The summed E-state index contributed by atoms with van der Waals surface area (Å²) >= 11 is 0. The molecule has 142 valence electrons. The van der Waals surface area contributed by atoms with Crippen LogP contribution in [0.15, 0.2) is 53.9 Å². The molecule has 1 amide bonds. The molecule has 0 spiro atoms. The molecule has 1 aliphatic carbocycles. The van der Waals surface area contributed by atoms with Crippen LogP contribution in [0, 0.1) is 11.3 Å². The average molecular weight is 376 g/mol. The first-order chi connectivity index (χ1) is 13.4. The molecule has 0 saturated heterocycles. The number of benzene rings is 2. The summed E-state index contributed by atoms with van der Waals surface area (Å²) in [4.78, 5) is 25.7. The molecule has 28 heavy (non-hydrogen) atoms. The number of nitrogens with zero attached hydrogens (tertiary/aromatic N) is 2. The Kier molecular flexibility index (Phi) is 5.32. The fraction of sp³-hybridized carbons (Fsp3) is 0.190. The summed E-state index contributed by atoms with van der Waals surface area (Å²) in [5.74, 6) is -0.848. The monoisotopic (exact) mass is 376 g/mol. The zero-order valence-corrected chi connectivity index (χ0v) is 15.6. The molecule has 0 saturated carbocycles. The maximum atomic E-state index is 12.3. The van der Waals surface area contributed by atoms with Gasteiger partial charge in [0.1, 0.15) is 5.70 Å². The highest BCUT2D eigenvalue weighted by molar-refractivity contribution is 6.07. The van der Waals surface area contributed by atoms with Gasteiger partial charge in [-0.2, -0.15) is 5.26 Å². The lowest BCUT2D eigenvalue weighted by atomic mass is 9.97. The summed E-state index contributed by atoms with van der Waals surface area (Å²) in [6.45, 7) is 0.559. The van der Waals surface area contributed by atoms with Crippen LogP contribution in [0.4, 0.5) is 5.69 Å². The molecule has 7 nitrogen and oxygen atoms in total. The first-order valence-corrected chi connectivity index (χ1v) is 8.70. The van der Waals surface area contributed by atoms with Crippen molar-refractivity contribution in [3.63, 3.8) is 0 Å². The molecule has 2 aromatic rings. The Morgan fingerprint density at radius 1 is 1.25 bits per heavy atom. The number of rotatable bonds is 6. The topological polar surface area (TPSA) is 105 Å². The largest absolute Gasteiger partial charge is 0.505 e. The van der Waals surface area contributed by atoms with Gasteiger partial charge in [-0.25, -0.2) is 0 Å². The van der Waals surface area contributed by atoms with Crippen molar-refractivity contribution in [2.24, 2.45) is 0 Å². The highest BCUT2D eigenvalue weighted by atomic mass is 16.3. The Bertz CT molecular complexity index is 1000. The molecule has 7 heteroatoms. The maximum absolute atomic E-state index is 12.3. The minimum absolute atomic E-state index is 0.00211. The molecule has 0 atom stereocenters. The lowest BCUT2D eigenvalue weighted by molar-refractivity contribution is -0.116. The zero-order chi connectivity index (χ0) is 20.3. The van der Waals surface area contributed by atoms with Crippen LogP contribution in [-0.4, -0.2) is 35.8 Å². The molecular weight excluding hydrogens is 356 g/mol. The number of phenols is 1. The third-order valence-electron chi connectivity index (χ3n) is 4.40. The molecule has 0 radical (unpaired) electrons. The normalized spacial score (nSPS) is 12.8. The number of nitriles is 1. The van der Waals surface area contributed by atoms with Crippen molar-refractivity contribution in [2.75, 3.05) is 19.4 Å². The van der Waals surface area contributed by atoms with E-state index in [-0.39, 0.29) is 34.8 Å². The lowest BCUT2D eigenvalue weighted by Crippen LogP contribution is -2.32. The molecule has 0 fully saturated rings. The second kappa shape index (κ2) is 7.84. The number of ketones is 1. The van der Waals surface area contributed by atoms with Crippen molar-refractivity contribution in [3.8, 4) is 11.8 Å². The predicted octanol–water partition coefficient (Wildman–Crippen LogP) is 2.35. The number of hydrogen-bond acceptors (Lipinski definition) is 6. The third-order valence-corrected chi connectivity index (χ3v) is 4.40. The number of Topliss-reactive ketones (excluding diaryl/α,β-unsaturated/α-hetero) is 1. The number of phenolic OH excluding ortho intramolecular Hbond substituents is 1. The second-order valence-corrected chi connectivity index (χ2v) is 6.65. The molecule has 3 N–H and O–H groups in total. The van der Waals surface area contributed by atoms with Crippen molar-refractivity contribution in [1.29, 1.82) is 5.26 Å². The summed E-state index contributed by atoms with van der Waals surface area (Å²) in [6, 6.07) is 14.5. The molecule has 2 aromatic carbocycles. The van der Waals surface area contributed by atoms with Crippen molar-refractivity contribution in [3.05, 3.63) is 70.5 Å². The van der Waals surface area contributed by atoms with Gasteiger partial charge in [-0.1, -0.05) is 30.3 Å². The Morgan fingerprint density at radius 2 is 1.96 bits per heavy atom. The van der Waals surface area contributed by atoms with Crippen LogP contribution in [-0.2, 0) is 11.3 Å². The van der Waals surface area contributed by atoms with Crippen LogP contribution < -0.4 is 10.6 Å². The van der Waals surface area contributed by atoms with Crippen LogP contribution in [0.5, 0.6) is 5.75 Å². The van der Waals surface area contributed by atoms with Gasteiger partial charge in [0, 0.05) is 26.3 Å². The van der Waals surface area contributed by atoms with Gasteiger partial charge in [-0.05, 0) is 17.7 Å². The van der Waals surface area contributed by atoms with Gasteiger partial charge < -0.3 is 20.6 Å². The first kappa shape index (κ1) is 19.0. The number of anilines is 1. The number of aromatic hydroxyl groups is 1. The molecule has 0 aromatic heterocycles. The van der Waals surface area contributed by atoms with E-state index in [2.05, 4.69) is 10.6 Å². The van der Waals surface area contributed by atoms with E-state index in [4.69, 9.17) is 0 Å². The van der Waals surface area contributed by atoms with Crippen LogP contribution in [0.3, 0.4) is 0 Å². The molecule has 3 rings (SSSR count). The van der Waals surface area contributed by atoms with Gasteiger partial charge in [0.2, 0.25) is 0 Å². The Morgan fingerprint density at radius 3 is 2.57 bits per heavy atom. The fourth-order valence-electron chi connectivity index (χ4n) is 2.83. The SMILES string of the molecule is CN(C)C(=O)c1cc(C#N)cc(NC2=C(NCc3ccccc3)CC2=O)c1O. The van der Waals surface area contributed by atoms with Crippen LogP contribution in [0.25, 0.3) is 0 Å². The Balaban J connectivity index is 1.87. The first-order valence-electron chi connectivity index (χ1n) is 8.70. The molecule has 0 heterocycles. The van der Waals surface area contributed by atoms with E-state index in [0.29, 0.717) is 12.2 Å². The van der Waals surface area contributed by atoms with E-state index in [9.17, 15) is 20.0 Å². The zero-order valence-electron chi connectivity index (χ0n) is 15.6. The summed E-state index contributed by atoms with van der Waals surface area (Å²) in [5, 5.41) is 25.8. The molecule has 0 aliphatic heterocycles. The van der Waals surface area contributed by atoms with Gasteiger partial charge in [0.15, 0.2) is 11.5 Å². The van der Waals surface area contributed by atoms with Crippen LogP contribution >= 0.6 is 0 Å². The van der Waals surface area contributed by atoms with Crippen molar-refractivity contribution in [2.45, 2.75) is 13.0 Å². The van der Waals surface area contributed by atoms with E-state index in [1.54, 1.807) is 14.1 Å². The lowest BCUT2D eigenvalue weighted by Gasteiger charge is -2.25. The van der Waals surface area contributed by atoms with E-state index >= 15 is 0 Å². The summed E-state index contributed by atoms with van der Waals surface area (Å²) in [5.41, 5.74) is 2.46. The van der Waals surface area contributed by atoms with E-state index in [1.807, 2.05) is 36.4 Å². The van der Waals surface area contributed by atoms with Crippen LogP contribution in [0.1, 0.15) is 27.9 Å². The Hall–Kier alpha value is -3.79. The predicted molar refractivity (Wildman–Crippen MR) is 104 cm³/mol. The van der Waals surface area contributed by atoms with Gasteiger partial charge in [-0.15, -0.1) is 0 Å². The number of amides is 1. The quantitative estimate of drug-likeness (QED) is 0.669. The van der Waals surface area contributed by atoms with E-state index in [1.165, 1.54) is 17.0 Å². The van der Waals surface area contributed by atoms with Gasteiger partial charge in [-0.3, -0.25) is 9.59 Å². The second-order valence-electron chi connectivity index (χ2n) is 6.65. The minimum Gasteiger partial charge on any atom is -0.505 e. The highest BCUT2D eigenvalue weighted by Crippen LogP contribution is 2.34. The van der Waals surface area contributed by atoms with Gasteiger partial charge >= 0.3 is 0 Å². The number of hydrogen-bond donors (Lipinski definition) is 3. The highest BCUT2D eigenvalue weighted by Gasteiger charge is 2.29. The summed E-state index contributed by atoms with van der Waals surface area (Å²) < 4.78 is 0. The van der Waals surface area contributed by atoms with Crippen molar-refractivity contribution < 1.29 is 14.7 Å². The third kappa shape index (κ3) is 3.81. The minimum atomic E-state index is -0.436. The van der Waals surface area contributed by atoms with E-state index in [0.717, 1.165) is 11.3 Å². The van der Waals surface area contributed by atoms with Gasteiger partial charge in [0.25, 0.3) is 5.91 Å². The number of allylic oxidation sites excluding steroid dienone is 2. The number of carbonyl (C=O) groups is 2. The summed E-state index contributed by atoms with van der Waals surface area (Å²) in [6.07, 6.45) is 0.261. The van der Waals surface area contributed by atoms with Crippen molar-refractivity contribution >= 4 is 17.4 Å². The average Bonchev–Trinajstić information content (AvgIpc) is 2.70. The van der Waals surface area contributed by atoms with E-state index < -0.39 is 5.91 Å². The fourth-order valence-corrected chi connectivity index (χ4v) is 2.83. The number of carbonyl (C=O) groups excluding carboxylic acids is 2. The Labute approximate surface area is 162 Å². The molecule has 1 aliphatic rings. The maximum Gasteiger partial charge on any atom is 0.257 e. The summed E-state index contributed by atoms with van der Waals surface area (Å²) in [7, 11) is 3.11. The van der Waals surface area contributed by atoms with Crippen LogP contribution in [0.2, 0.25) is 0 Å². The number of nitrogens with one attached hydrogen (secondary N) is 2. The smallest absolute Gasteiger partial charge is 0.257 e. The molecule has 0 unspecified atom stereocenters. The van der Waals surface area contributed by atoms with Crippen molar-refractivity contribution in [1.82, 2.24) is 10.2 Å².